The van der Waals surface area contributed by atoms with Crippen molar-refractivity contribution in [2.75, 3.05) is 0 Å². The highest BCUT2D eigenvalue weighted by molar-refractivity contribution is 7.05. The van der Waals surface area contributed by atoms with E-state index < -0.39 is 6.28 Å². The Morgan fingerprint density at radius 2 is 0.696 bits per heavy atom. The number of quaternary nitrogens is 1. The van der Waals surface area contributed by atoms with Crippen LogP contribution in [-0.4, -0.2) is 6.28 Å². The van der Waals surface area contributed by atoms with E-state index in [0.717, 1.165) is 16.4 Å². The van der Waals surface area contributed by atoms with Gasteiger partial charge in [0.1, 0.15) is 0 Å². The van der Waals surface area contributed by atoms with Crippen LogP contribution in [0.1, 0.15) is 0 Å². The smallest absolute Gasteiger partial charge is 0.286 e. The molecule has 0 aliphatic heterocycles. The van der Waals surface area contributed by atoms with Crippen molar-refractivity contribution in [1.82, 2.24) is 0 Å². The fourth-order valence-electron chi connectivity index (χ4n) is 2.95. The summed E-state index contributed by atoms with van der Waals surface area (Å²) < 4.78 is 0. The van der Waals surface area contributed by atoms with E-state index in [4.69, 9.17) is 34.8 Å². The van der Waals surface area contributed by atoms with Gasteiger partial charge >= 0.3 is 0 Å². The molecule has 3 aromatic carbocycles. The molecule has 0 unspecified atom stereocenters. The first-order chi connectivity index (χ1) is 11.0. The summed E-state index contributed by atoms with van der Waals surface area (Å²) in [5.74, 6) is 0. The number of hydrogen-bond acceptors (Lipinski definition) is 0. The molecule has 0 aliphatic carbocycles. The van der Waals surface area contributed by atoms with E-state index in [0.29, 0.717) is 15.1 Å². The highest BCUT2D eigenvalue weighted by Gasteiger charge is 2.33. The van der Waals surface area contributed by atoms with Gasteiger partial charge in [-0.3, -0.25) is 0 Å². The molecule has 0 radical (unpaired) electrons. The quantitative estimate of drug-likeness (QED) is 0.694. The fraction of sp³-hybridized carbons (Fsp3) is 0. The summed E-state index contributed by atoms with van der Waals surface area (Å²) in [6, 6.07) is 23.5. The summed E-state index contributed by atoms with van der Waals surface area (Å²) in [4.78, 5) is 0. The third-order valence-corrected chi connectivity index (χ3v) is 5.07. The Hall–Kier alpha value is -1.45. The zero-order valence-corrected chi connectivity index (χ0v) is 14.6. The lowest BCUT2D eigenvalue weighted by molar-refractivity contribution is -0.193. The van der Waals surface area contributed by atoms with Gasteiger partial charge in [-0.2, -0.15) is 0 Å². The summed E-state index contributed by atoms with van der Waals surface area (Å²) in [6.45, 7) is 0. The Balaban J connectivity index is 2.21. The molecule has 116 valence electrons. The van der Waals surface area contributed by atoms with Gasteiger partial charge in [0.05, 0.1) is 0 Å². The molecule has 5 heteroatoms. The third-order valence-electron chi connectivity index (χ3n) is 4.32. The summed E-state index contributed by atoms with van der Waals surface area (Å²) in [6.07, 6.45) is -1.38. The van der Waals surface area contributed by atoms with Gasteiger partial charge in [0.2, 0.25) is 0 Å². The van der Waals surface area contributed by atoms with E-state index in [1.807, 2.05) is 72.8 Å². The monoisotopic (exact) mass is 361 g/mol. The van der Waals surface area contributed by atoms with Gasteiger partial charge in [0.25, 0.3) is 6.28 Å². The Bertz CT molecular complexity index is 688. The molecule has 0 aromatic heterocycles. The minimum Gasteiger partial charge on any atom is -0.536 e. The number of hydrogen-bond donors (Lipinski definition) is 1. The van der Waals surface area contributed by atoms with E-state index in [1.165, 1.54) is 0 Å². The largest absolute Gasteiger partial charge is 0.536 e. The summed E-state index contributed by atoms with van der Waals surface area (Å²) in [5.41, 5.74) is 7.93. The van der Waals surface area contributed by atoms with Crippen molar-refractivity contribution in [3.05, 3.63) is 87.9 Å². The molecule has 0 atom stereocenters. The molecule has 0 aliphatic rings. The normalized spacial score (nSPS) is 11.5. The first kappa shape index (κ1) is 16.4. The SMILES string of the molecule is [NH3+][B-](c1ccc(Cl)cc1)(c1ccc(Cl)cc1)c1ccc(Cl)cc1. The van der Waals surface area contributed by atoms with Crippen LogP contribution in [0.2, 0.25) is 15.1 Å². The molecule has 0 saturated carbocycles. The van der Waals surface area contributed by atoms with Gasteiger partial charge in [-0.15, -0.1) is 16.4 Å². The highest BCUT2D eigenvalue weighted by atomic mass is 35.5. The number of benzene rings is 3. The molecular weight excluding hydrogens is 347 g/mol. The van der Waals surface area contributed by atoms with E-state index in [-0.39, 0.29) is 0 Å². The molecule has 0 amide bonds. The zero-order chi connectivity index (χ0) is 16.4. The first-order valence-corrected chi connectivity index (χ1v) is 8.44. The third kappa shape index (κ3) is 3.27. The molecule has 1 nitrogen and oxygen atoms in total. The van der Waals surface area contributed by atoms with Gasteiger partial charge in [0, 0.05) is 15.1 Å². The maximum Gasteiger partial charge on any atom is 0.286 e. The predicted molar refractivity (Wildman–Crippen MR) is 102 cm³/mol. The van der Waals surface area contributed by atoms with Crippen LogP contribution in [0.3, 0.4) is 0 Å². The topological polar surface area (TPSA) is 27.6 Å². The number of rotatable bonds is 3. The molecule has 3 N–H and O–H groups in total. The van der Waals surface area contributed by atoms with Crippen molar-refractivity contribution in [2.24, 2.45) is 0 Å². The Morgan fingerprint density at radius 3 is 0.913 bits per heavy atom. The van der Waals surface area contributed by atoms with Crippen LogP contribution >= 0.6 is 34.8 Å². The highest BCUT2D eigenvalue weighted by Crippen LogP contribution is 2.11. The first-order valence-electron chi connectivity index (χ1n) is 7.31. The van der Waals surface area contributed by atoms with Gasteiger partial charge in [0.15, 0.2) is 0 Å². The van der Waals surface area contributed by atoms with Crippen LogP contribution < -0.4 is 22.0 Å². The van der Waals surface area contributed by atoms with Crippen molar-refractivity contribution in [3.63, 3.8) is 0 Å². The van der Waals surface area contributed by atoms with Gasteiger partial charge in [-0.25, -0.2) is 0 Å². The van der Waals surface area contributed by atoms with Gasteiger partial charge in [-0.1, -0.05) is 71.2 Å². The fourth-order valence-corrected chi connectivity index (χ4v) is 3.33. The summed E-state index contributed by atoms with van der Waals surface area (Å²) in [7, 11) is 0. The zero-order valence-electron chi connectivity index (χ0n) is 12.3. The molecule has 0 spiro atoms. The Morgan fingerprint density at radius 1 is 0.478 bits per heavy atom. The molecule has 0 heterocycles. The second-order valence-corrected chi connectivity index (χ2v) is 7.01. The molecule has 23 heavy (non-hydrogen) atoms. The maximum absolute atomic E-state index is 6.05. The van der Waals surface area contributed by atoms with Crippen LogP contribution in [0, 0.1) is 0 Å². The predicted octanol–water partition coefficient (Wildman–Crippen LogP) is 2.86. The van der Waals surface area contributed by atoms with Crippen molar-refractivity contribution in [3.8, 4) is 0 Å². The average molecular weight is 362 g/mol. The Kier molecular flexibility index (Phi) is 4.70. The second-order valence-electron chi connectivity index (χ2n) is 5.70. The van der Waals surface area contributed by atoms with E-state index in [1.54, 1.807) is 0 Å². The maximum atomic E-state index is 6.05. The van der Waals surface area contributed by atoms with E-state index in [2.05, 4.69) is 5.64 Å². The lowest BCUT2D eigenvalue weighted by Crippen LogP contribution is -2.94. The second kappa shape index (κ2) is 6.58. The van der Waals surface area contributed by atoms with Crippen molar-refractivity contribution in [1.29, 1.82) is 0 Å². The minimum absolute atomic E-state index is 0.708. The molecular formula is C18H15BCl3N. The van der Waals surface area contributed by atoms with Crippen molar-refractivity contribution in [2.45, 2.75) is 0 Å². The summed E-state index contributed by atoms with van der Waals surface area (Å²) >= 11 is 18.1. The van der Waals surface area contributed by atoms with Crippen LogP contribution in [0.25, 0.3) is 0 Å². The van der Waals surface area contributed by atoms with Crippen LogP contribution in [-0.2, 0) is 0 Å². The van der Waals surface area contributed by atoms with Gasteiger partial charge in [-0.05, 0) is 36.4 Å². The average Bonchev–Trinajstić information content (AvgIpc) is 2.56. The van der Waals surface area contributed by atoms with Crippen molar-refractivity contribution >= 4 is 57.5 Å². The molecule has 0 saturated heterocycles. The number of halogens is 3. The van der Waals surface area contributed by atoms with Crippen LogP contribution in [0.15, 0.2) is 72.8 Å². The lowest BCUT2D eigenvalue weighted by atomic mass is 9.25. The Labute approximate surface area is 150 Å². The van der Waals surface area contributed by atoms with Gasteiger partial charge < -0.3 is 5.64 Å². The molecule has 0 fully saturated rings. The standard InChI is InChI=1S/C18H15BCl3N/c20-16-7-1-13(2-8-16)19(23,14-3-9-17(21)10-4-14)15-5-11-18(22)12-6-15/h1-12H,23H3. The minimum atomic E-state index is -1.38. The van der Waals surface area contributed by atoms with Crippen LogP contribution in [0.5, 0.6) is 0 Å². The van der Waals surface area contributed by atoms with E-state index in [9.17, 15) is 0 Å². The molecule has 3 rings (SSSR count). The molecule has 3 aromatic rings. The van der Waals surface area contributed by atoms with Crippen molar-refractivity contribution < 1.29 is 5.64 Å². The van der Waals surface area contributed by atoms with E-state index >= 15 is 0 Å². The summed E-state index contributed by atoms with van der Waals surface area (Å²) in [5, 5.41) is 2.12. The van der Waals surface area contributed by atoms with Crippen LogP contribution in [0.4, 0.5) is 0 Å². The lowest BCUT2D eigenvalue weighted by Gasteiger charge is -2.33. The molecule has 0 bridgehead atoms.